The Morgan fingerprint density at radius 2 is 1.83 bits per heavy atom. The number of phenolic OH excluding ortho intramolecular Hbond substituents is 2. The Hall–Kier alpha value is -1.22. The molecule has 1 aromatic carbocycles. The van der Waals surface area contributed by atoms with Crippen LogP contribution in [0.1, 0.15) is 44.2 Å². The van der Waals surface area contributed by atoms with Crippen molar-refractivity contribution >= 4 is 0 Å². The third-order valence-corrected chi connectivity index (χ3v) is 4.52. The number of benzene rings is 1. The van der Waals surface area contributed by atoms with Crippen molar-refractivity contribution in [1.82, 2.24) is 5.32 Å². The number of hydrogen-bond acceptors (Lipinski definition) is 3. The maximum atomic E-state index is 9.49. The largest absolute Gasteiger partial charge is 0.508 e. The molecule has 1 unspecified atom stereocenters. The van der Waals surface area contributed by atoms with Crippen LogP contribution in [-0.4, -0.2) is 16.8 Å². The van der Waals surface area contributed by atoms with Gasteiger partial charge in [-0.15, -0.1) is 0 Å². The van der Waals surface area contributed by atoms with Gasteiger partial charge in [0.05, 0.1) is 0 Å². The van der Waals surface area contributed by atoms with Crippen LogP contribution in [0.4, 0.5) is 0 Å². The average Bonchev–Trinajstić information content (AvgIpc) is 3.15. The summed E-state index contributed by atoms with van der Waals surface area (Å²) in [6, 6.07) is 4.96. The first-order chi connectivity index (χ1) is 8.59. The number of rotatable bonds is 5. The standard InChI is InChI=1S/C15H21NO2/c1-10(11-6-13(17)8-14(18)7-11)16-9-15(4-5-15)12-2-3-12/h6-8,10,12,16-18H,2-5,9H2,1H3. The lowest BCUT2D eigenvalue weighted by atomic mass is 9.99. The van der Waals surface area contributed by atoms with Crippen LogP contribution in [0, 0.1) is 11.3 Å². The van der Waals surface area contributed by atoms with Gasteiger partial charge in [0.2, 0.25) is 0 Å². The molecule has 98 valence electrons. The van der Waals surface area contributed by atoms with Gasteiger partial charge in [-0.3, -0.25) is 0 Å². The SMILES string of the molecule is CC(NCC1(C2CC2)CC1)c1cc(O)cc(O)c1. The van der Waals surface area contributed by atoms with Gasteiger partial charge in [-0.05, 0) is 61.6 Å². The van der Waals surface area contributed by atoms with E-state index >= 15 is 0 Å². The summed E-state index contributed by atoms with van der Waals surface area (Å²) < 4.78 is 0. The molecule has 0 aliphatic heterocycles. The van der Waals surface area contributed by atoms with Gasteiger partial charge in [-0.2, -0.15) is 0 Å². The lowest BCUT2D eigenvalue weighted by Crippen LogP contribution is -2.27. The molecule has 2 aliphatic carbocycles. The van der Waals surface area contributed by atoms with Crippen LogP contribution in [0.15, 0.2) is 18.2 Å². The molecule has 0 spiro atoms. The molecule has 0 saturated heterocycles. The van der Waals surface area contributed by atoms with E-state index in [0.717, 1.165) is 18.0 Å². The molecular formula is C15H21NO2. The molecule has 0 bridgehead atoms. The molecule has 0 aromatic heterocycles. The highest BCUT2D eigenvalue weighted by atomic mass is 16.3. The van der Waals surface area contributed by atoms with Crippen LogP contribution in [-0.2, 0) is 0 Å². The molecule has 2 saturated carbocycles. The number of nitrogens with one attached hydrogen (secondary N) is 1. The molecule has 2 aliphatic rings. The predicted octanol–water partition coefficient (Wildman–Crippen LogP) is 2.94. The molecule has 18 heavy (non-hydrogen) atoms. The Morgan fingerprint density at radius 1 is 1.22 bits per heavy atom. The quantitative estimate of drug-likeness (QED) is 0.750. The summed E-state index contributed by atoms with van der Waals surface area (Å²) in [5, 5.41) is 22.5. The minimum atomic E-state index is 0.127. The smallest absolute Gasteiger partial charge is 0.119 e. The second-order valence-electron chi connectivity index (χ2n) is 6.02. The maximum absolute atomic E-state index is 9.49. The summed E-state index contributed by atoms with van der Waals surface area (Å²) >= 11 is 0. The average molecular weight is 247 g/mol. The molecule has 3 heteroatoms. The summed E-state index contributed by atoms with van der Waals surface area (Å²) in [5.74, 6) is 1.21. The van der Waals surface area contributed by atoms with E-state index in [9.17, 15) is 10.2 Å². The van der Waals surface area contributed by atoms with Gasteiger partial charge in [-0.25, -0.2) is 0 Å². The predicted molar refractivity (Wildman–Crippen MR) is 70.6 cm³/mol. The Labute approximate surface area is 108 Å². The van der Waals surface area contributed by atoms with E-state index in [-0.39, 0.29) is 17.5 Å². The molecule has 3 nitrogen and oxygen atoms in total. The van der Waals surface area contributed by atoms with E-state index in [1.807, 2.05) is 0 Å². The maximum Gasteiger partial charge on any atom is 0.119 e. The van der Waals surface area contributed by atoms with E-state index in [1.165, 1.54) is 31.7 Å². The van der Waals surface area contributed by atoms with Crippen LogP contribution in [0.3, 0.4) is 0 Å². The van der Waals surface area contributed by atoms with Crippen molar-refractivity contribution < 1.29 is 10.2 Å². The van der Waals surface area contributed by atoms with E-state index in [0.29, 0.717) is 5.41 Å². The Balaban J connectivity index is 1.62. The third kappa shape index (κ3) is 2.32. The van der Waals surface area contributed by atoms with Gasteiger partial charge in [0.25, 0.3) is 0 Å². The van der Waals surface area contributed by atoms with Crippen LogP contribution < -0.4 is 5.32 Å². The van der Waals surface area contributed by atoms with Gasteiger partial charge in [-0.1, -0.05) is 0 Å². The molecule has 0 radical (unpaired) electrons. The second-order valence-corrected chi connectivity index (χ2v) is 6.02. The van der Waals surface area contributed by atoms with Gasteiger partial charge in [0.1, 0.15) is 11.5 Å². The van der Waals surface area contributed by atoms with Crippen molar-refractivity contribution in [3.05, 3.63) is 23.8 Å². The molecule has 0 amide bonds. The first-order valence-electron chi connectivity index (χ1n) is 6.85. The van der Waals surface area contributed by atoms with Gasteiger partial charge in [0, 0.05) is 18.7 Å². The van der Waals surface area contributed by atoms with Crippen molar-refractivity contribution in [3.63, 3.8) is 0 Å². The summed E-state index contributed by atoms with van der Waals surface area (Å²) in [4.78, 5) is 0. The first kappa shape index (κ1) is 11.8. The van der Waals surface area contributed by atoms with E-state index < -0.39 is 0 Å². The van der Waals surface area contributed by atoms with E-state index in [1.54, 1.807) is 12.1 Å². The van der Waals surface area contributed by atoms with Crippen molar-refractivity contribution in [1.29, 1.82) is 0 Å². The third-order valence-electron chi connectivity index (χ3n) is 4.52. The fraction of sp³-hybridized carbons (Fsp3) is 0.600. The molecule has 1 aromatic rings. The van der Waals surface area contributed by atoms with Crippen molar-refractivity contribution in [3.8, 4) is 11.5 Å². The number of hydrogen-bond donors (Lipinski definition) is 3. The summed E-state index contributed by atoms with van der Waals surface area (Å²) in [6.07, 6.45) is 5.54. The lowest BCUT2D eigenvalue weighted by molar-refractivity contribution is 0.380. The van der Waals surface area contributed by atoms with Gasteiger partial charge < -0.3 is 15.5 Å². The summed E-state index contributed by atoms with van der Waals surface area (Å²) in [6.45, 7) is 3.15. The monoisotopic (exact) mass is 247 g/mol. The minimum Gasteiger partial charge on any atom is -0.508 e. The Morgan fingerprint density at radius 3 is 2.33 bits per heavy atom. The Kier molecular flexibility index (Phi) is 2.74. The zero-order valence-electron chi connectivity index (χ0n) is 10.8. The summed E-state index contributed by atoms with van der Waals surface area (Å²) in [5.41, 5.74) is 1.52. The molecule has 2 fully saturated rings. The fourth-order valence-electron chi connectivity index (χ4n) is 2.93. The summed E-state index contributed by atoms with van der Waals surface area (Å²) in [7, 11) is 0. The normalized spacial score (nSPS) is 22.7. The Bertz CT molecular complexity index is 430. The van der Waals surface area contributed by atoms with Crippen molar-refractivity contribution in [2.75, 3.05) is 6.54 Å². The van der Waals surface area contributed by atoms with Crippen LogP contribution in [0.5, 0.6) is 11.5 Å². The van der Waals surface area contributed by atoms with Gasteiger partial charge >= 0.3 is 0 Å². The van der Waals surface area contributed by atoms with Crippen LogP contribution in [0.2, 0.25) is 0 Å². The lowest BCUT2D eigenvalue weighted by Gasteiger charge is -2.20. The molecule has 0 heterocycles. The first-order valence-corrected chi connectivity index (χ1v) is 6.85. The highest BCUT2D eigenvalue weighted by molar-refractivity contribution is 5.37. The van der Waals surface area contributed by atoms with Crippen molar-refractivity contribution in [2.45, 2.75) is 38.6 Å². The highest BCUT2D eigenvalue weighted by Gasteiger charge is 2.53. The van der Waals surface area contributed by atoms with E-state index in [2.05, 4.69) is 12.2 Å². The zero-order chi connectivity index (χ0) is 12.8. The minimum absolute atomic E-state index is 0.127. The van der Waals surface area contributed by atoms with Crippen LogP contribution in [0.25, 0.3) is 0 Å². The fourth-order valence-corrected chi connectivity index (χ4v) is 2.93. The molecular weight excluding hydrogens is 226 g/mol. The molecule has 1 atom stereocenters. The van der Waals surface area contributed by atoms with E-state index in [4.69, 9.17) is 0 Å². The topological polar surface area (TPSA) is 52.5 Å². The van der Waals surface area contributed by atoms with Crippen LogP contribution >= 0.6 is 0 Å². The second kappa shape index (κ2) is 4.16. The molecule has 3 rings (SSSR count). The van der Waals surface area contributed by atoms with Crippen molar-refractivity contribution in [2.24, 2.45) is 11.3 Å². The highest BCUT2D eigenvalue weighted by Crippen LogP contribution is 2.60. The van der Waals surface area contributed by atoms with Gasteiger partial charge in [0.15, 0.2) is 0 Å². The zero-order valence-corrected chi connectivity index (χ0v) is 10.8. The molecule has 3 N–H and O–H groups in total. The number of aromatic hydroxyl groups is 2. The number of phenols is 2.